The smallest absolute Gasteiger partial charge is 0.364 e. The van der Waals surface area contributed by atoms with Crippen molar-refractivity contribution in [1.82, 2.24) is 9.30 Å². The summed E-state index contributed by atoms with van der Waals surface area (Å²) in [6.07, 6.45) is -1.07. The largest absolute Gasteiger partial charge is 0.423 e. The number of aliphatic hydroxyl groups excluding tert-OH is 1. The van der Waals surface area contributed by atoms with Crippen LogP contribution in [0.1, 0.15) is 13.2 Å². The Kier molecular flexibility index (Phi) is 3.99. The van der Waals surface area contributed by atoms with Crippen LogP contribution in [0.3, 0.4) is 0 Å². The minimum atomic E-state index is -1.07. The first-order chi connectivity index (χ1) is 8.29. The van der Waals surface area contributed by atoms with Gasteiger partial charge in [-0.25, -0.2) is 4.79 Å². The fourth-order valence-corrected chi connectivity index (χ4v) is 4.10. The highest BCUT2D eigenvalue weighted by molar-refractivity contribution is 9.15. The maximum Gasteiger partial charge on any atom is 0.364 e. The summed E-state index contributed by atoms with van der Waals surface area (Å²) in [5.74, 6) is 0. The van der Waals surface area contributed by atoms with E-state index < -0.39 is 11.9 Å². The second-order valence-electron chi connectivity index (χ2n) is 3.55. The number of fused-ring (bicyclic) bond motifs is 1. The number of imidazole rings is 1. The summed E-state index contributed by atoms with van der Waals surface area (Å²) >= 11 is 13.3. The molecule has 0 aliphatic rings. The van der Waals surface area contributed by atoms with Gasteiger partial charge in [0.05, 0.1) is 14.5 Å². The van der Waals surface area contributed by atoms with Gasteiger partial charge in [0.25, 0.3) is 0 Å². The molecular formula is C9H6Br4N2O3. The Morgan fingerprint density at radius 3 is 1.89 bits per heavy atom. The number of aliphatic hydroxyl groups is 1. The first-order valence-electron chi connectivity index (χ1n) is 4.65. The second-order valence-corrected chi connectivity index (χ2v) is 6.72. The zero-order valence-electron chi connectivity index (χ0n) is 8.79. The number of rotatable bonds is 1. The highest BCUT2D eigenvalue weighted by Gasteiger charge is 2.24. The van der Waals surface area contributed by atoms with Crippen molar-refractivity contribution in [2.45, 2.75) is 13.2 Å². The van der Waals surface area contributed by atoms with Gasteiger partial charge in [-0.1, -0.05) is 0 Å². The first-order valence-corrected chi connectivity index (χ1v) is 7.82. The maximum atomic E-state index is 11.9. The van der Waals surface area contributed by atoms with E-state index in [0.717, 1.165) is 4.57 Å². The molecule has 18 heavy (non-hydrogen) atoms. The zero-order chi connectivity index (χ0) is 13.8. The minimum Gasteiger partial charge on any atom is -0.423 e. The van der Waals surface area contributed by atoms with E-state index in [9.17, 15) is 15.1 Å². The van der Waals surface area contributed by atoms with Crippen LogP contribution in [0.4, 0.5) is 0 Å². The summed E-state index contributed by atoms with van der Waals surface area (Å²) in [5.41, 5.74) is -0.0614. The van der Waals surface area contributed by atoms with E-state index in [0.29, 0.717) is 28.1 Å². The molecular weight excluding hydrogens is 504 g/mol. The normalized spacial score (nSPS) is 13.2. The number of hydrogen-bond acceptors (Lipinski definition) is 3. The molecule has 0 aliphatic carbocycles. The molecule has 1 aromatic carbocycles. The maximum absolute atomic E-state index is 11.9. The Hall–Kier alpha value is 0.170. The number of benzene rings is 1. The lowest BCUT2D eigenvalue weighted by molar-refractivity contribution is 0.112. The third-order valence-electron chi connectivity index (χ3n) is 2.43. The van der Waals surface area contributed by atoms with Crippen molar-refractivity contribution in [3.63, 3.8) is 0 Å². The summed E-state index contributed by atoms with van der Waals surface area (Å²) in [5, 5.41) is 19.5. The van der Waals surface area contributed by atoms with Gasteiger partial charge in [-0.2, -0.15) is 0 Å². The molecule has 98 valence electrons. The number of hydrogen-bond donors (Lipinski definition) is 2. The number of nitrogens with zero attached hydrogens (tertiary/aromatic N) is 2. The van der Waals surface area contributed by atoms with E-state index in [1.807, 2.05) is 0 Å². The van der Waals surface area contributed by atoms with Gasteiger partial charge >= 0.3 is 5.69 Å². The van der Waals surface area contributed by atoms with E-state index in [1.165, 1.54) is 6.92 Å². The standard InChI is InChI=1S/C9H6Br4N2O3/c1-2(16)14-7-5(12)3(10)4(11)6(13)8(7)15(18)9(14)17/h2,16,18H,1H3. The molecule has 9 heteroatoms. The van der Waals surface area contributed by atoms with Crippen molar-refractivity contribution in [1.29, 1.82) is 0 Å². The molecule has 0 amide bonds. The van der Waals surface area contributed by atoms with Crippen LogP contribution in [0.5, 0.6) is 0 Å². The van der Waals surface area contributed by atoms with Crippen LogP contribution in [-0.2, 0) is 0 Å². The highest BCUT2D eigenvalue weighted by Crippen LogP contribution is 2.43. The van der Waals surface area contributed by atoms with Gasteiger partial charge in [0.15, 0.2) is 0 Å². The van der Waals surface area contributed by atoms with E-state index in [2.05, 4.69) is 63.7 Å². The van der Waals surface area contributed by atoms with Crippen LogP contribution in [0.25, 0.3) is 11.0 Å². The highest BCUT2D eigenvalue weighted by atomic mass is 79.9. The van der Waals surface area contributed by atoms with Gasteiger partial charge in [-0.15, -0.1) is 4.73 Å². The molecule has 0 bridgehead atoms. The van der Waals surface area contributed by atoms with E-state index in [4.69, 9.17) is 0 Å². The molecule has 0 aliphatic heterocycles. The van der Waals surface area contributed by atoms with E-state index in [1.54, 1.807) is 0 Å². The van der Waals surface area contributed by atoms with Crippen LogP contribution < -0.4 is 5.69 Å². The third-order valence-corrected chi connectivity index (χ3v) is 7.16. The van der Waals surface area contributed by atoms with Crippen LogP contribution >= 0.6 is 63.7 Å². The van der Waals surface area contributed by atoms with Gasteiger partial charge < -0.3 is 10.3 Å². The van der Waals surface area contributed by atoms with Gasteiger partial charge in [-0.05, 0) is 70.6 Å². The van der Waals surface area contributed by atoms with E-state index in [-0.39, 0.29) is 5.52 Å². The predicted molar refractivity (Wildman–Crippen MR) is 81.1 cm³/mol. The zero-order valence-corrected chi connectivity index (χ0v) is 15.1. The van der Waals surface area contributed by atoms with Gasteiger partial charge in [0.1, 0.15) is 11.7 Å². The molecule has 0 fully saturated rings. The van der Waals surface area contributed by atoms with Crippen molar-refractivity contribution < 1.29 is 10.3 Å². The summed E-state index contributed by atoms with van der Waals surface area (Å²) in [4.78, 5) is 11.9. The second kappa shape index (κ2) is 4.93. The van der Waals surface area contributed by atoms with Crippen molar-refractivity contribution in [2.24, 2.45) is 0 Å². The molecule has 2 aromatic rings. The molecule has 2 N–H and O–H groups in total. The molecule has 2 rings (SSSR count). The SMILES string of the molecule is CC(O)n1c(=O)n(O)c2c(Br)c(Br)c(Br)c(Br)c21. The van der Waals surface area contributed by atoms with Crippen LogP contribution in [0, 0.1) is 0 Å². The Bertz CT molecular complexity index is 704. The lowest BCUT2D eigenvalue weighted by Gasteiger charge is -2.10. The Balaban J connectivity index is 3.17. The van der Waals surface area contributed by atoms with Crippen molar-refractivity contribution in [3.05, 3.63) is 28.4 Å². The fraction of sp³-hybridized carbons (Fsp3) is 0.222. The molecule has 1 heterocycles. The molecule has 1 atom stereocenters. The Morgan fingerprint density at radius 1 is 1.00 bits per heavy atom. The minimum absolute atomic E-state index is 0.267. The first kappa shape index (κ1) is 14.6. The molecule has 1 aromatic heterocycles. The molecule has 5 nitrogen and oxygen atoms in total. The number of halogens is 4. The van der Waals surface area contributed by atoms with Gasteiger partial charge in [-0.3, -0.25) is 4.57 Å². The molecule has 0 saturated carbocycles. The number of aromatic nitrogens is 2. The summed E-state index contributed by atoms with van der Waals surface area (Å²) in [6.45, 7) is 1.44. The quantitative estimate of drug-likeness (QED) is 0.351. The molecule has 1 unspecified atom stereocenters. The fourth-order valence-electron chi connectivity index (χ4n) is 1.66. The van der Waals surface area contributed by atoms with E-state index >= 15 is 0 Å². The van der Waals surface area contributed by atoms with Crippen LogP contribution in [0.2, 0.25) is 0 Å². The molecule has 0 radical (unpaired) electrons. The average Bonchev–Trinajstić information content (AvgIpc) is 2.57. The summed E-state index contributed by atoms with van der Waals surface area (Å²) in [7, 11) is 0. The van der Waals surface area contributed by atoms with Gasteiger partial charge in [0, 0.05) is 8.95 Å². The monoisotopic (exact) mass is 506 g/mol. The van der Waals surface area contributed by atoms with Crippen molar-refractivity contribution in [2.75, 3.05) is 0 Å². The summed E-state index contributed by atoms with van der Waals surface area (Å²) < 4.78 is 3.95. The lowest BCUT2D eigenvalue weighted by atomic mass is 10.3. The molecule has 0 saturated heterocycles. The third kappa shape index (κ3) is 1.91. The Labute approximate surface area is 135 Å². The van der Waals surface area contributed by atoms with Crippen molar-refractivity contribution in [3.8, 4) is 0 Å². The Morgan fingerprint density at radius 2 is 1.44 bits per heavy atom. The van der Waals surface area contributed by atoms with Crippen LogP contribution in [-0.4, -0.2) is 19.6 Å². The van der Waals surface area contributed by atoms with Gasteiger partial charge in [0.2, 0.25) is 0 Å². The molecule has 0 spiro atoms. The van der Waals surface area contributed by atoms with Crippen molar-refractivity contribution >= 4 is 74.8 Å². The van der Waals surface area contributed by atoms with Crippen LogP contribution in [0.15, 0.2) is 22.7 Å². The topological polar surface area (TPSA) is 67.4 Å². The lowest BCUT2D eigenvalue weighted by Crippen LogP contribution is -2.25. The average molecular weight is 510 g/mol. The predicted octanol–water partition coefficient (Wildman–Crippen LogP) is 3.60. The summed E-state index contributed by atoms with van der Waals surface area (Å²) in [6, 6.07) is 0.